The van der Waals surface area contributed by atoms with E-state index in [0.29, 0.717) is 22.7 Å². The van der Waals surface area contributed by atoms with Crippen molar-refractivity contribution >= 4 is 17.6 Å². The number of aromatic carboxylic acids is 1. The van der Waals surface area contributed by atoms with Crippen LogP contribution < -0.4 is 14.8 Å². The van der Waals surface area contributed by atoms with Crippen LogP contribution in [0.3, 0.4) is 0 Å². The molecule has 0 fully saturated rings. The van der Waals surface area contributed by atoms with Crippen molar-refractivity contribution < 1.29 is 24.2 Å². The van der Waals surface area contributed by atoms with Gasteiger partial charge in [0.2, 0.25) is 0 Å². The van der Waals surface area contributed by atoms with E-state index < -0.39 is 5.97 Å². The maximum absolute atomic E-state index is 12.2. The number of rotatable bonds is 5. The van der Waals surface area contributed by atoms with Gasteiger partial charge in [-0.05, 0) is 36.4 Å². The molecule has 1 amide bonds. The molecular formula is C16H15NO5. The third-order valence-electron chi connectivity index (χ3n) is 3.01. The van der Waals surface area contributed by atoms with Gasteiger partial charge in [-0.1, -0.05) is 6.07 Å². The molecule has 2 aromatic rings. The van der Waals surface area contributed by atoms with Gasteiger partial charge in [-0.3, -0.25) is 4.79 Å². The first-order valence-electron chi connectivity index (χ1n) is 6.42. The summed E-state index contributed by atoms with van der Waals surface area (Å²) in [7, 11) is 2.99. The van der Waals surface area contributed by atoms with Crippen LogP contribution in [0.4, 0.5) is 5.69 Å². The lowest BCUT2D eigenvalue weighted by Crippen LogP contribution is -2.12. The Bertz CT molecular complexity index is 711. The molecule has 0 unspecified atom stereocenters. The second kappa shape index (κ2) is 6.62. The molecule has 22 heavy (non-hydrogen) atoms. The lowest BCUT2D eigenvalue weighted by Gasteiger charge is -2.10. The first-order chi connectivity index (χ1) is 10.5. The molecule has 2 rings (SSSR count). The number of carboxylic acids is 1. The fraction of sp³-hybridized carbons (Fsp3) is 0.125. The van der Waals surface area contributed by atoms with Gasteiger partial charge in [0, 0.05) is 11.3 Å². The standard InChI is InChI=1S/C16H15NO5/c1-21-13-7-6-10(9-14(13)22-2)15(18)17-12-5-3-4-11(8-12)16(19)20/h3-9H,1-2H3,(H,17,18)(H,19,20). The third kappa shape index (κ3) is 3.35. The van der Waals surface area contributed by atoms with E-state index in [-0.39, 0.29) is 11.5 Å². The number of methoxy groups -OCH3 is 2. The summed E-state index contributed by atoms with van der Waals surface area (Å²) in [5, 5.41) is 11.6. The van der Waals surface area contributed by atoms with Gasteiger partial charge >= 0.3 is 5.97 Å². The Balaban J connectivity index is 2.22. The van der Waals surface area contributed by atoms with E-state index >= 15 is 0 Å². The normalized spacial score (nSPS) is 9.91. The molecule has 0 atom stereocenters. The van der Waals surface area contributed by atoms with Gasteiger partial charge in [0.05, 0.1) is 19.8 Å². The Labute approximate surface area is 127 Å². The van der Waals surface area contributed by atoms with Gasteiger partial charge in [-0.15, -0.1) is 0 Å². The minimum Gasteiger partial charge on any atom is -0.493 e. The van der Waals surface area contributed by atoms with Crippen LogP contribution in [0.2, 0.25) is 0 Å². The SMILES string of the molecule is COc1ccc(C(=O)Nc2cccc(C(=O)O)c2)cc1OC. The monoisotopic (exact) mass is 301 g/mol. The topological polar surface area (TPSA) is 84.9 Å². The molecule has 0 heterocycles. The molecule has 0 saturated carbocycles. The van der Waals surface area contributed by atoms with E-state index in [1.54, 1.807) is 30.3 Å². The molecule has 2 aromatic carbocycles. The number of carboxylic acid groups (broad SMARTS) is 1. The Hall–Kier alpha value is -3.02. The fourth-order valence-electron chi connectivity index (χ4n) is 1.91. The van der Waals surface area contributed by atoms with Crippen LogP contribution in [0, 0.1) is 0 Å². The maximum Gasteiger partial charge on any atom is 0.335 e. The number of nitrogens with one attached hydrogen (secondary N) is 1. The van der Waals surface area contributed by atoms with E-state index in [4.69, 9.17) is 14.6 Å². The van der Waals surface area contributed by atoms with Crippen molar-refractivity contribution in [1.29, 1.82) is 0 Å². The summed E-state index contributed by atoms with van der Waals surface area (Å²) in [5.74, 6) is -0.466. The van der Waals surface area contributed by atoms with Crippen LogP contribution in [-0.2, 0) is 0 Å². The van der Waals surface area contributed by atoms with Crippen molar-refractivity contribution in [1.82, 2.24) is 0 Å². The maximum atomic E-state index is 12.2. The molecule has 0 aromatic heterocycles. The molecular weight excluding hydrogens is 286 g/mol. The molecule has 0 bridgehead atoms. The molecule has 6 nitrogen and oxygen atoms in total. The number of hydrogen-bond donors (Lipinski definition) is 2. The van der Waals surface area contributed by atoms with E-state index in [1.165, 1.54) is 26.4 Å². The van der Waals surface area contributed by atoms with Gasteiger partial charge in [-0.25, -0.2) is 4.79 Å². The van der Waals surface area contributed by atoms with Gasteiger partial charge in [0.25, 0.3) is 5.91 Å². The summed E-state index contributed by atoms with van der Waals surface area (Å²) in [5.41, 5.74) is 0.878. The number of amides is 1. The van der Waals surface area contributed by atoms with Gasteiger partial charge in [0.15, 0.2) is 11.5 Å². The molecule has 0 aliphatic heterocycles. The Morgan fingerprint density at radius 3 is 2.32 bits per heavy atom. The summed E-state index contributed by atoms with van der Waals surface area (Å²) in [4.78, 5) is 23.1. The van der Waals surface area contributed by atoms with E-state index in [1.807, 2.05) is 0 Å². The van der Waals surface area contributed by atoms with Crippen LogP contribution in [0.5, 0.6) is 11.5 Å². The molecule has 0 aliphatic rings. The summed E-state index contributed by atoms with van der Waals surface area (Å²) in [6.45, 7) is 0. The Morgan fingerprint density at radius 1 is 0.955 bits per heavy atom. The molecule has 0 aliphatic carbocycles. The third-order valence-corrected chi connectivity index (χ3v) is 3.01. The van der Waals surface area contributed by atoms with Crippen LogP contribution in [-0.4, -0.2) is 31.2 Å². The van der Waals surface area contributed by atoms with Crippen molar-refractivity contribution in [2.24, 2.45) is 0 Å². The zero-order valence-electron chi connectivity index (χ0n) is 12.1. The number of ether oxygens (including phenoxy) is 2. The van der Waals surface area contributed by atoms with Gasteiger partial charge in [-0.2, -0.15) is 0 Å². The molecule has 2 N–H and O–H groups in total. The molecule has 6 heteroatoms. The number of anilines is 1. The fourth-order valence-corrected chi connectivity index (χ4v) is 1.91. The van der Waals surface area contributed by atoms with Crippen molar-refractivity contribution in [2.75, 3.05) is 19.5 Å². The van der Waals surface area contributed by atoms with Crippen molar-refractivity contribution in [3.63, 3.8) is 0 Å². The highest BCUT2D eigenvalue weighted by molar-refractivity contribution is 6.05. The number of carbonyl (C=O) groups is 2. The highest BCUT2D eigenvalue weighted by Crippen LogP contribution is 2.27. The second-order valence-corrected chi connectivity index (χ2v) is 4.41. The molecule has 0 saturated heterocycles. The van der Waals surface area contributed by atoms with Crippen molar-refractivity contribution in [3.8, 4) is 11.5 Å². The number of hydrogen-bond acceptors (Lipinski definition) is 4. The minimum absolute atomic E-state index is 0.102. The lowest BCUT2D eigenvalue weighted by atomic mass is 10.1. The van der Waals surface area contributed by atoms with Crippen LogP contribution >= 0.6 is 0 Å². The number of carbonyl (C=O) groups excluding carboxylic acids is 1. The van der Waals surface area contributed by atoms with Crippen molar-refractivity contribution in [2.45, 2.75) is 0 Å². The summed E-state index contributed by atoms with van der Waals surface area (Å²) >= 11 is 0. The summed E-state index contributed by atoms with van der Waals surface area (Å²) in [6.07, 6.45) is 0. The molecule has 0 radical (unpaired) electrons. The van der Waals surface area contributed by atoms with Crippen LogP contribution in [0.15, 0.2) is 42.5 Å². The number of benzene rings is 2. The average Bonchev–Trinajstić information content (AvgIpc) is 2.54. The predicted molar refractivity (Wildman–Crippen MR) is 80.9 cm³/mol. The largest absolute Gasteiger partial charge is 0.493 e. The zero-order chi connectivity index (χ0) is 16.1. The minimum atomic E-state index is -1.05. The highest BCUT2D eigenvalue weighted by Gasteiger charge is 2.12. The summed E-state index contributed by atoms with van der Waals surface area (Å²) in [6, 6.07) is 10.8. The predicted octanol–water partition coefficient (Wildman–Crippen LogP) is 2.65. The first-order valence-corrected chi connectivity index (χ1v) is 6.42. The smallest absolute Gasteiger partial charge is 0.335 e. The van der Waals surface area contributed by atoms with Gasteiger partial charge in [0.1, 0.15) is 0 Å². The quantitative estimate of drug-likeness (QED) is 0.887. The van der Waals surface area contributed by atoms with Crippen LogP contribution in [0.25, 0.3) is 0 Å². The highest BCUT2D eigenvalue weighted by atomic mass is 16.5. The van der Waals surface area contributed by atoms with Gasteiger partial charge < -0.3 is 19.9 Å². The average molecular weight is 301 g/mol. The second-order valence-electron chi connectivity index (χ2n) is 4.41. The molecule has 0 spiro atoms. The van der Waals surface area contributed by atoms with Crippen LogP contribution in [0.1, 0.15) is 20.7 Å². The van der Waals surface area contributed by atoms with E-state index in [2.05, 4.69) is 5.32 Å². The molecule has 114 valence electrons. The first kappa shape index (κ1) is 15.4. The lowest BCUT2D eigenvalue weighted by molar-refractivity contribution is 0.0696. The van der Waals surface area contributed by atoms with Crippen molar-refractivity contribution in [3.05, 3.63) is 53.6 Å². The summed E-state index contributed by atoms with van der Waals surface area (Å²) < 4.78 is 10.3. The van der Waals surface area contributed by atoms with E-state index in [9.17, 15) is 9.59 Å². The zero-order valence-corrected chi connectivity index (χ0v) is 12.1. The van der Waals surface area contributed by atoms with E-state index in [0.717, 1.165) is 0 Å². The Kier molecular flexibility index (Phi) is 4.63. The Morgan fingerprint density at radius 2 is 1.68 bits per heavy atom.